The molecule has 0 aromatic carbocycles. The summed E-state index contributed by atoms with van der Waals surface area (Å²) < 4.78 is 1.71. The smallest absolute Gasteiger partial charge is 0.270 e. The normalized spacial score (nSPS) is 12.5. The molecule has 0 spiro atoms. The average Bonchev–Trinajstić information content (AvgIpc) is 2.28. The molecule has 3 nitrogen and oxygen atoms in total. The number of hydrogen-bond acceptors (Lipinski definition) is 1. The highest BCUT2D eigenvalue weighted by atomic mass is 16.1. The quantitative estimate of drug-likeness (QED) is 0.735. The van der Waals surface area contributed by atoms with Gasteiger partial charge in [0.15, 0.2) is 0 Å². The number of rotatable bonds is 1. The summed E-state index contributed by atoms with van der Waals surface area (Å²) in [5.74, 6) is 0.367. The van der Waals surface area contributed by atoms with E-state index in [1.165, 1.54) is 0 Å². The zero-order chi connectivity index (χ0) is 11.1. The lowest BCUT2D eigenvalue weighted by molar-refractivity contribution is 0.342. The molecule has 1 aromatic rings. The van der Waals surface area contributed by atoms with Crippen molar-refractivity contribution in [1.82, 2.24) is 9.78 Å². The zero-order valence-electron chi connectivity index (χ0n) is 9.93. The number of nitrogens with zero attached hydrogens (tertiary/aromatic N) is 1. The van der Waals surface area contributed by atoms with Crippen LogP contribution in [-0.4, -0.2) is 9.78 Å². The predicted molar refractivity (Wildman–Crippen MR) is 58.9 cm³/mol. The maximum Gasteiger partial charge on any atom is 0.270 e. The lowest BCUT2D eigenvalue weighted by Gasteiger charge is -2.19. The van der Waals surface area contributed by atoms with Crippen LogP contribution in [0.2, 0.25) is 0 Å². The van der Waals surface area contributed by atoms with Crippen molar-refractivity contribution in [2.45, 2.75) is 53.0 Å². The van der Waals surface area contributed by atoms with Gasteiger partial charge >= 0.3 is 0 Å². The molecular formula is C11H20N2O. The summed E-state index contributed by atoms with van der Waals surface area (Å²) in [6, 6.07) is 0. The SMILES string of the molecule is Cc1c(C(C)C)[nH]n(C(C)(C)C)c1=O. The van der Waals surface area contributed by atoms with Crippen LogP contribution in [0.3, 0.4) is 0 Å². The maximum atomic E-state index is 11.9. The van der Waals surface area contributed by atoms with E-state index in [0.29, 0.717) is 5.92 Å². The van der Waals surface area contributed by atoms with Gasteiger partial charge < -0.3 is 0 Å². The molecule has 0 atom stereocenters. The Labute approximate surface area is 85.1 Å². The summed E-state index contributed by atoms with van der Waals surface area (Å²) in [4.78, 5) is 11.9. The van der Waals surface area contributed by atoms with E-state index in [9.17, 15) is 4.79 Å². The molecule has 0 radical (unpaired) electrons. The first-order valence-corrected chi connectivity index (χ1v) is 5.07. The van der Waals surface area contributed by atoms with Crippen molar-refractivity contribution in [3.05, 3.63) is 21.6 Å². The molecule has 0 saturated heterocycles. The largest absolute Gasteiger partial charge is 0.299 e. The summed E-state index contributed by atoms with van der Waals surface area (Å²) in [6.07, 6.45) is 0. The van der Waals surface area contributed by atoms with Crippen molar-refractivity contribution in [2.75, 3.05) is 0 Å². The maximum absolute atomic E-state index is 11.9. The van der Waals surface area contributed by atoms with E-state index in [-0.39, 0.29) is 11.1 Å². The van der Waals surface area contributed by atoms with Crippen molar-refractivity contribution >= 4 is 0 Å². The Hall–Kier alpha value is -0.990. The highest BCUT2D eigenvalue weighted by Gasteiger charge is 2.20. The third-order valence-corrected chi connectivity index (χ3v) is 2.41. The fourth-order valence-electron chi connectivity index (χ4n) is 1.57. The summed E-state index contributed by atoms with van der Waals surface area (Å²) in [5, 5.41) is 3.19. The first-order valence-electron chi connectivity index (χ1n) is 5.07. The Balaban J connectivity index is 3.37. The number of hydrogen-bond donors (Lipinski definition) is 1. The molecule has 1 aromatic heterocycles. The van der Waals surface area contributed by atoms with Crippen LogP contribution >= 0.6 is 0 Å². The summed E-state index contributed by atoms with van der Waals surface area (Å²) >= 11 is 0. The van der Waals surface area contributed by atoms with Gasteiger partial charge in [-0.1, -0.05) is 13.8 Å². The van der Waals surface area contributed by atoms with E-state index in [0.717, 1.165) is 11.3 Å². The molecule has 0 saturated carbocycles. The minimum atomic E-state index is -0.172. The highest BCUT2D eigenvalue weighted by molar-refractivity contribution is 5.19. The van der Waals surface area contributed by atoms with Crippen molar-refractivity contribution in [3.63, 3.8) is 0 Å². The lowest BCUT2D eigenvalue weighted by atomic mass is 10.1. The van der Waals surface area contributed by atoms with Crippen LogP contribution in [0.1, 0.15) is 51.8 Å². The Morgan fingerprint density at radius 2 is 1.79 bits per heavy atom. The van der Waals surface area contributed by atoms with E-state index in [4.69, 9.17) is 0 Å². The van der Waals surface area contributed by atoms with E-state index in [1.807, 2.05) is 27.7 Å². The second-order valence-electron chi connectivity index (χ2n) is 5.12. The van der Waals surface area contributed by atoms with Crippen molar-refractivity contribution < 1.29 is 0 Å². The van der Waals surface area contributed by atoms with E-state index in [2.05, 4.69) is 18.9 Å². The molecule has 0 amide bonds. The van der Waals surface area contributed by atoms with Crippen molar-refractivity contribution in [2.24, 2.45) is 0 Å². The fraction of sp³-hybridized carbons (Fsp3) is 0.727. The Morgan fingerprint density at radius 1 is 1.29 bits per heavy atom. The number of nitrogens with one attached hydrogen (secondary N) is 1. The average molecular weight is 196 g/mol. The van der Waals surface area contributed by atoms with Crippen molar-refractivity contribution in [3.8, 4) is 0 Å². The molecule has 1 rings (SSSR count). The summed E-state index contributed by atoms with van der Waals surface area (Å²) in [5.41, 5.74) is 1.82. The molecule has 0 fully saturated rings. The standard InChI is InChI=1S/C11H20N2O/c1-7(2)9-8(3)10(14)13(12-9)11(4,5)6/h7,12H,1-6H3. The van der Waals surface area contributed by atoms with Crippen LogP contribution < -0.4 is 5.56 Å². The molecule has 1 heterocycles. The minimum absolute atomic E-state index is 0.0983. The molecule has 14 heavy (non-hydrogen) atoms. The monoisotopic (exact) mass is 196 g/mol. The third-order valence-electron chi connectivity index (χ3n) is 2.41. The molecule has 0 aliphatic heterocycles. The number of aromatic nitrogens is 2. The Kier molecular flexibility index (Phi) is 2.61. The van der Waals surface area contributed by atoms with Crippen LogP contribution in [0, 0.1) is 6.92 Å². The minimum Gasteiger partial charge on any atom is -0.299 e. The lowest BCUT2D eigenvalue weighted by Crippen LogP contribution is -2.32. The van der Waals surface area contributed by atoms with Gasteiger partial charge in [0, 0.05) is 11.3 Å². The molecule has 3 heteroatoms. The van der Waals surface area contributed by atoms with Crippen LogP contribution in [0.4, 0.5) is 0 Å². The second kappa shape index (κ2) is 3.30. The van der Waals surface area contributed by atoms with Crippen LogP contribution in [0.5, 0.6) is 0 Å². The molecule has 0 bridgehead atoms. The van der Waals surface area contributed by atoms with Crippen LogP contribution in [-0.2, 0) is 5.54 Å². The van der Waals surface area contributed by atoms with E-state index < -0.39 is 0 Å². The van der Waals surface area contributed by atoms with Gasteiger partial charge in [-0.05, 0) is 33.6 Å². The highest BCUT2D eigenvalue weighted by Crippen LogP contribution is 2.17. The van der Waals surface area contributed by atoms with Gasteiger partial charge in [0.1, 0.15) is 0 Å². The van der Waals surface area contributed by atoms with Gasteiger partial charge in [-0.15, -0.1) is 0 Å². The van der Waals surface area contributed by atoms with Gasteiger partial charge in [0.2, 0.25) is 0 Å². The molecule has 0 unspecified atom stereocenters. The zero-order valence-corrected chi connectivity index (χ0v) is 9.93. The topological polar surface area (TPSA) is 37.8 Å². The molecule has 0 aliphatic carbocycles. The Bertz CT molecular complexity index is 377. The van der Waals surface area contributed by atoms with Gasteiger partial charge in [-0.3, -0.25) is 9.89 Å². The van der Waals surface area contributed by atoms with Gasteiger partial charge in [0.25, 0.3) is 5.56 Å². The van der Waals surface area contributed by atoms with E-state index >= 15 is 0 Å². The molecule has 80 valence electrons. The summed E-state index contributed by atoms with van der Waals surface area (Å²) in [7, 11) is 0. The fourth-order valence-corrected chi connectivity index (χ4v) is 1.57. The number of aromatic amines is 1. The van der Waals surface area contributed by atoms with Crippen LogP contribution in [0.15, 0.2) is 4.79 Å². The van der Waals surface area contributed by atoms with Crippen LogP contribution in [0.25, 0.3) is 0 Å². The molecular weight excluding hydrogens is 176 g/mol. The number of H-pyrrole nitrogens is 1. The predicted octanol–water partition coefficient (Wildman–Crippen LogP) is 2.36. The third kappa shape index (κ3) is 1.76. The van der Waals surface area contributed by atoms with E-state index in [1.54, 1.807) is 4.68 Å². The van der Waals surface area contributed by atoms with Gasteiger partial charge in [-0.2, -0.15) is 0 Å². The Morgan fingerprint density at radius 3 is 2.00 bits per heavy atom. The first kappa shape index (κ1) is 11.1. The molecule has 0 aliphatic rings. The summed E-state index contributed by atoms with van der Waals surface area (Å²) in [6.45, 7) is 12.1. The molecule has 1 N–H and O–H groups in total. The van der Waals surface area contributed by atoms with Gasteiger partial charge in [-0.25, -0.2) is 4.68 Å². The van der Waals surface area contributed by atoms with Crippen molar-refractivity contribution in [1.29, 1.82) is 0 Å². The second-order valence-corrected chi connectivity index (χ2v) is 5.12. The first-order chi connectivity index (χ1) is 6.25. The van der Waals surface area contributed by atoms with Gasteiger partial charge in [0.05, 0.1) is 5.54 Å².